The van der Waals surface area contributed by atoms with E-state index in [2.05, 4.69) is 23.1 Å². The predicted octanol–water partition coefficient (Wildman–Crippen LogP) is 3.14. The number of anilines is 1. The molecule has 0 spiro atoms. The second-order valence-electron chi connectivity index (χ2n) is 5.61. The fourth-order valence-corrected chi connectivity index (χ4v) is 2.70. The summed E-state index contributed by atoms with van der Waals surface area (Å²) in [5.41, 5.74) is 2.07. The van der Waals surface area contributed by atoms with E-state index in [1.54, 1.807) is 4.90 Å². The molecule has 0 saturated carbocycles. The van der Waals surface area contributed by atoms with Gasteiger partial charge in [-0.05, 0) is 23.8 Å². The predicted molar refractivity (Wildman–Crippen MR) is 95.8 cm³/mol. The molecule has 2 heterocycles. The van der Waals surface area contributed by atoms with Crippen molar-refractivity contribution in [1.29, 1.82) is 0 Å². The average molecular weight is 323 g/mol. The third kappa shape index (κ3) is 3.93. The summed E-state index contributed by atoms with van der Waals surface area (Å²) >= 11 is 0. The van der Waals surface area contributed by atoms with Gasteiger partial charge < -0.3 is 14.5 Å². The van der Waals surface area contributed by atoms with E-state index in [1.807, 2.05) is 42.5 Å². The lowest BCUT2D eigenvalue weighted by atomic mass is 10.2. The summed E-state index contributed by atoms with van der Waals surface area (Å²) in [5, 5.41) is 0. The monoisotopic (exact) mass is 323 g/mol. The molecule has 0 N–H and O–H groups in total. The molecule has 5 nitrogen and oxygen atoms in total. The quantitative estimate of drug-likeness (QED) is 0.870. The molecule has 1 aromatic carbocycles. The van der Waals surface area contributed by atoms with E-state index in [0.717, 1.165) is 30.2 Å². The van der Waals surface area contributed by atoms with Gasteiger partial charge in [-0.3, -0.25) is 0 Å². The fraction of sp³-hybridized carbons (Fsp3) is 0.263. The lowest BCUT2D eigenvalue weighted by Gasteiger charge is -2.34. The van der Waals surface area contributed by atoms with E-state index in [0.29, 0.717) is 13.1 Å². The Labute approximate surface area is 142 Å². The van der Waals surface area contributed by atoms with Gasteiger partial charge in [-0.1, -0.05) is 42.5 Å². The lowest BCUT2D eigenvalue weighted by molar-refractivity contribution is 0.121. The van der Waals surface area contributed by atoms with Crippen LogP contribution in [0.3, 0.4) is 0 Å². The van der Waals surface area contributed by atoms with Crippen LogP contribution < -0.4 is 4.90 Å². The highest BCUT2D eigenvalue weighted by molar-refractivity contribution is 5.69. The number of pyridine rings is 1. The summed E-state index contributed by atoms with van der Waals surface area (Å²) in [6, 6.07) is 16.2. The van der Waals surface area contributed by atoms with Gasteiger partial charge in [0.25, 0.3) is 0 Å². The molecule has 3 rings (SSSR count). The minimum Gasteiger partial charge on any atom is -0.453 e. The molecule has 0 radical (unpaired) electrons. The van der Waals surface area contributed by atoms with Gasteiger partial charge in [-0.2, -0.15) is 0 Å². The normalized spacial score (nSPS) is 14.9. The van der Waals surface area contributed by atoms with Crippen molar-refractivity contribution in [2.24, 2.45) is 0 Å². The maximum atomic E-state index is 11.5. The maximum Gasteiger partial charge on any atom is 0.409 e. The smallest absolute Gasteiger partial charge is 0.409 e. The van der Waals surface area contributed by atoms with Gasteiger partial charge in [0.05, 0.1) is 12.8 Å². The topological polar surface area (TPSA) is 45.7 Å². The van der Waals surface area contributed by atoms with E-state index in [9.17, 15) is 4.79 Å². The first-order chi connectivity index (χ1) is 11.8. The number of ether oxygens (including phenoxy) is 1. The number of aromatic nitrogens is 1. The highest BCUT2D eigenvalue weighted by Crippen LogP contribution is 2.16. The van der Waals surface area contributed by atoms with Crippen molar-refractivity contribution in [3.05, 3.63) is 59.8 Å². The van der Waals surface area contributed by atoms with Gasteiger partial charge >= 0.3 is 6.09 Å². The molecule has 1 fully saturated rings. The zero-order chi connectivity index (χ0) is 16.8. The van der Waals surface area contributed by atoms with Crippen molar-refractivity contribution in [3.8, 4) is 0 Å². The molecule has 1 saturated heterocycles. The van der Waals surface area contributed by atoms with E-state index in [-0.39, 0.29) is 6.09 Å². The second kappa shape index (κ2) is 7.64. The van der Waals surface area contributed by atoms with E-state index in [4.69, 9.17) is 9.72 Å². The molecule has 124 valence electrons. The van der Waals surface area contributed by atoms with Gasteiger partial charge in [-0.25, -0.2) is 9.78 Å². The molecule has 1 aromatic heterocycles. The lowest BCUT2D eigenvalue weighted by Crippen LogP contribution is -2.49. The number of amides is 1. The van der Waals surface area contributed by atoms with Crippen molar-refractivity contribution >= 4 is 24.1 Å². The fourth-order valence-electron chi connectivity index (χ4n) is 2.70. The van der Waals surface area contributed by atoms with Gasteiger partial charge in [0, 0.05) is 26.2 Å². The van der Waals surface area contributed by atoms with Crippen LogP contribution >= 0.6 is 0 Å². The Morgan fingerprint density at radius 2 is 1.75 bits per heavy atom. The first-order valence-electron chi connectivity index (χ1n) is 8.04. The molecule has 0 bridgehead atoms. The molecule has 2 aromatic rings. The van der Waals surface area contributed by atoms with Crippen molar-refractivity contribution in [3.63, 3.8) is 0 Å². The van der Waals surface area contributed by atoms with Crippen LogP contribution in [0.25, 0.3) is 12.2 Å². The van der Waals surface area contributed by atoms with Crippen LogP contribution in [0.4, 0.5) is 10.6 Å². The van der Waals surface area contributed by atoms with Crippen LogP contribution in [0, 0.1) is 0 Å². The van der Waals surface area contributed by atoms with Crippen LogP contribution in [0.15, 0.2) is 48.5 Å². The van der Waals surface area contributed by atoms with Gasteiger partial charge in [0.2, 0.25) is 0 Å². The molecule has 24 heavy (non-hydrogen) atoms. The van der Waals surface area contributed by atoms with Crippen LogP contribution in [-0.2, 0) is 4.74 Å². The number of piperazine rings is 1. The number of carbonyl (C=O) groups excluding carboxylic acids is 1. The standard InChI is InChI=1S/C19H21N3O2/c1-24-19(23)22-14-12-21(13-15-22)18-9-5-8-17(20-18)11-10-16-6-3-2-4-7-16/h2-11H,12-15H2,1H3/b11-10+. The van der Waals surface area contributed by atoms with Crippen LogP contribution in [0.1, 0.15) is 11.3 Å². The third-order valence-electron chi connectivity index (χ3n) is 4.04. The number of hydrogen-bond donors (Lipinski definition) is 0. The number of nitrogens with zero attached hydrogens (tertiary/aromatic N) is 3. The highest BCUT2D eigenvalue weighted by Gasteiger charge is 2.22. The molecule has 0 unspecified atom stereocenters. The molecular weight excluding hydrogens is 302 g/mol. The minimum absolute atomic E-state index is 0.262. The van der Waals surface area contributed by atoms with Crippen LogP contribution in [0.2, 0.25) is 0 Å². The Bertz CT molecular complexity index is 708. The summed E-state index contributed by atoms with van der Waals surface area (Å²) in [6.07, 6.45) is 3.81. The number of hydrogen-bond acceptors (Lipinski definition) is 4. The number of carbonyl (C=O) groups is 1. The number of benzene rings is 1. The minimum atomic E-state index is -0.262. The first kappa shape index (κ1) is 16.1. The molecule has 1 aliphatic heterocycles. The maximum absolute atomic E-state index is 11.5. The van der Waals surface area contributed by atoms with Gasteiger partial charge in [0.15, 0.2) is 0 Å². The average Bonchev–Trinajstić information content (AvgIpc) is 2.67. The van der Waals surface area contributed by atoms with Crippen LogP contribution in [-0.4, -0.2) is 49.3 Å². The molecule has 1 amide bonds. The number of methoxy groups -OCH3 is 1. The summed E-state index contributed by atoms with van der Waals surface area (Å²) in [7, 11) is 1.42. The van der Waals surface area contributed by atoms with E-state index >= 15 is 0 Å². The van der Waals surface area contributed by atoms with E-state index < -0.39 is 0 Å². The Morgan fingerprint density at radius 1 is 1.00 bits per heavy atom. The molecular formula is C19H21N3O2. The summed E-state index contributed by atoms with van der Waals surface area (Å²) in [6.45, 7) is 2.82. The zero-order valence-corrected chi connectivity index (χ0v) is 13.8. The Morgan fingerprint density at radius 3 is 2.46 bits per heavy atom. The van der Waals surface area contributed by atoms with Crippen LogP contribution in [0.5, 0.6) is 0 Å². The Hall–Kier alpha value is -2.82. The molecule has 5 heteroatoms. The summed E-state index contributed by atoms with van der Waals surface area (Å²) < 4.78 is 4.77. The number of rotatable bonds is 3. The van der Waals surface area contributed by atoms with Crippen molar-refractivity contribution in [2.75, 3.05) is 38.2 Å². The molecule has 0 atom stereocenters. The van der Waals surface area contributed by atoms with Crippen molar-refractivity contribution in [2.45, 2.75) is 0 Å². The Balaban J connectivity index is 1.66. The van der Waals surface area contributed by atoms with Crippen molar-refractivity contribution in [1.82, 2.24) is 9.88 Å². The largest absolute Gasteiger partial charge is 0.453 e. The summed E-state index contributed by atoms with van der Waals surface area (Å²) in [4.78, 5) is 20.2. The molecule has 0 aliphatic carbocycles. The zero-order valence-electron chi connectivity index (χ0n) is 13.8. The highest BCUT2D eigenvalue weighted by atomic mass is 16.5. The SMILES string of the molecule is COC(=O)N1CCN(c2cccc(/C=C/c3ccccc3)n2)CC1. The first-order valence-corrected chi connectivity index (χ1v) is 8.04. The van der Waals surface area contributed by atoms with E-state index in [1.165, 1.54) is 7.11 Å². The third-order valence-corrected chi connectivity index (χ3v) is 4.04. The van der Waals surface area contributed by atoms with Gasteiger partial charge in [-0.15, -0.1) is 0 Å². The molecule has 1 aliphatic rings. The second-order valence-corrected chi connectivity index (χ2v) is 5.61. The van der Waals surface area contributed by atoms with Crippen molar-refractivity contribution < 1.29 is 9.53 Å². The Kier molecular flexibility index (Phi) is 5.11. The summed E-state index contributed by atoms with van der Waals surface area (Å²) in [5.74, 6) is 0.940. The van der Waals surface area contributed by atoms with Gasteiger partial charge in [0.1, 0.15) is 5.82 Å².